The van der Waals surface area contributed by atoms with Crippen molar-refractivity contribution >= 4 is 5.91 Å². The smallest absolute Gasteiger partial charge is 0.380 e. The van der Waals surface area contributed by atoms with Crippen molar-refractivity contribution in [2.45, 2.75) is 89.3 Å². The van der Waals surface area contributed by atoms with E-state index in [0.717, 1.165) is 12.8 Å². The zero-order valence-electron chi connectivity index (χ0n) is 18.7. The fraction of sp³-hybridized carbons (Fsp3) is 0.720. The van der Waals surface area contributed by atoms with Gasteiger partial charge in [0.15, 0.2) is 5.60 Å². The molecule has 6 heteroatoms. The lowest BCUT2D eigenvalue weighted by molar-refractivity contribution is -0.271. The van der Waals surface area contributed by atoms with Crippen molar-refractivity contribution < 1.29 is 23.1 Å². The fourth-order valence-corrected chi connectivity index (χ4v) is 6.34. The van der Waals surface area contributed by atoms with Crippen molar-refractivity contribution in [2.75, 3.05) is 6.54 Å². The van der Waals surface area contributed by atoms with Crippen molar-refractivity contribution in [3.05, 3.63) is 35.4 Å². The summed E-state index contributed by atoms with van der Waals surface area (Å²) in [6.07, 6.45) is -0.938. The van der Waals surface area contributed by atoms with Crippen molar-refractivity contribution in [1.82, 2.24) is 5.32 Å². The summed E-state index contributed by atoms with van der Waals surface area (Å²) in [4.78, 5) is 12.7. The number of hydrogen-bond acceptors (Lipinski definition) is 2. The molecule has 3 nitrogen and oxygen atoms in total. The maximum Gasteiger partial charge on any atom is 0.417 e. The Labute approximate surface area is 182 Å². The number of amides is 1. The monoisotopic (exact) mass is 437 g/mol. The third-order valence-corrected chi connectivity index (χ3v) is 9.33. The normalized spacial score (nSPS) is 33.6. The van der Waals surface area contributed by atoms with Crippen molar-refractivity contribution in [3.63, 3.8) is 0 Å². The lowest BCUT2D eigenvalue weighted by Gasteiger charge is -2.55. The van der Waals surface area contributed by atoms with Crippen LogP contribution in [0.3, 0.4) is 0 Å². The third-order valence-electron chi connectivity index (χ3n) is 9.33. The molecule has 1 aromatic carbocycles. The minimum Gasteiger partial charge on any atom is -0.380 e. The fourth-order valence-electron chi connectivity index (χ4n) is 6.34. The minimum atomic E-state index is -4.64. The van der Waals surface area contributed by atoms with E-state index in [1.165, 1.54) is 24.0 Å². The highest BCUT2D eigenvalue weighted by Crippen LogP contribution is 2.70. The number of benzene rings is 1. The molecule has 3 aliphatic carbocycles. The Hall–Kier alpha value is -1.56. The molecule has 1 aromatic rings. The van der Waals surface area contributed by atoms with Gasteiger partial charge in [0.1, 0.15) is 0 Å². The van der Waals surface area contributed by atoms with Crippen molar-refractivity contribution in [2.24, 2.45) is 16.7 Å². The van der Waals surface area contributed by atoms with E-state index in [0.29, 0.717) is 12.0 Å². The lowest BCUT2D eigenvalue weighted by atomic mass is 9.49. The SMILES string of the molecule is CC1(C)C2(CC2)Cc2ccccc2[C@]1(C)CCNC(=O)C1CCC(O)(C(F)(F)F)CC1. The highest BCUT2D eigenvalue weighted by atomic mass is 19.4. The van der Waals surface area contributed by atoms with E-state index in [2.05, 4.69) is 50.4 Å². The van der Waals surface area contributed by atoms with Gasteiger partial charge in [-0.2, -0.15) is 13.2 Å². The summed E-state index contributed by atoms with van der Waals surface area (Å²) in [6, 6.07) is 8.62. The Balaban J connectivity index is 1.41. The Morgan fingerprint density at radius 3 is 2.29 bits per heavy atom. The number of alkyl halides is 3. The van der Waals surface area contributed by atoms with Gasteiger partial charge >= 0.3 is 6.18 Å². The van der Waals surface area contributed by atoms with Gasteiger partial charge in [0, 0.05) is 17.9 Å². The van der Waals surface area contributed by atoms with Crippen LogP contribution in [0.1, 0.15) is 76.8 Å². The summed E-state index contributed by atoms with van der Waals surface area (Å²) >= 11 is 0. The van der Waals surface area contributed by atoms with E-state index in [9.17, 15) is 23.1 Å². The van der Waals surface area contributed by atoms with Crippen LogP contribution in [0.15, 0.2) is 24.3 Å². The molecule has 31 heavy (non-hydrogen) atoms. The molecular weight excluding hydrogens is 403 g/mol. The topological polar surface area (TPSA) is 49.3 Å². The van der Waals surface area contributed by atoms with Crippen LogP contribution in [0.25, 0.3) is 0 Å². The second kappa shape index (κ2) is 7.23. The van der Waals surface area contributed by atoms with Gasteiger partial charge in [0.05, 0.1) is 0 Å². The molecule has 3 aliphatic rings. The van der Waals surface area contributed by atoms with Crippen LogP contribution in [0.2, 0.25) is 0 Å². The van der Waals surface area contributed by atoms with E-state index in [4.69, 9.17) is 0 Å². The quantitative estimate of drug-likeness (QED) is 0.672. The molecule has 2 saturated carbocycles. The first-order valence-corrected chi connectivity index (χ1v) is 11.5. The molecule has 0 radical (unpaired) electrons. The van der Waals surface area contributed by atoms with Gasteiger partial charge in [-0.25, -0.2) is 0 Å². The summed E-state index contributed by atoms with van der Waals surface area (Å²) < 4.78 is 39.0. The molecule has 0 heterocycles. The van der Waals surface area contributed by atoms with Crippen LogP contribution < -0.4 is 5.32 Å². The van der Waals surface area contributed by atoms with Gasteiger partial charge in [-0.1, -0.05) is 45.0 Å². The standard InChI is InChI=1S/C25H34F3NO2/c1-21(2)22(3,19-7-5-4-6-18(19)16-23(21)12-13-23)14-15-29-20(30)17-8-10-24(31,11-9-17)25(26,27)28/h4-7,17,31H,8-16H2,1-3H3,(H,29,30)/t17?,22-,24?/m0/s1. The number of carbonyl (C=O) groups is 1. The van der Waals surface area contributed by atoms with E-state index >= 15 is 0 Å². The molecule has 2 fully saturated rings. The van der Waals surface area contributed by atoms with Gasteiger partial charge in [-0.15, -0.1) is 0 Å². The van der Waals surface area contributed by atoms with Crippen molar-refractivity contribution in [3.8, 4) is 0 Å². The highest BCUT2D eigenvalue weighted by Gasteiger charge is 2.64. The summed E-state index contributed by atoms with van der Waals surface area (Å²) in [5, 5.41) is 12.8. The van der Waals surface area contributed by atoms with E-state index < -0.39 is 30.5 Å². The zero-order chi connectivity index (χ0) is 22.7. The van der Waals surface area contributed by atoms with Crippen LogP contribution >= 0.6 is 0 Å². The Bertz CT molecular complexity index is 851. The first kappa shape index (κ1) is 22.6. The third kappa shape index (κ3) is 3.49. The molecule has 0 saturated heterocycles. The molecule has 4 rings (SSSR count). The van der Waals surface area contributed by atoms with Gasteiger partial charge in [-0.05, 0) is 73.3 Å². The van der Waals surface area contributed by atoms with Gasteiger partial charge in [0.25, 0.3) is 0 Å². The number of carbonyl (C=O) groups excluding carboxylic acids is 1. The van der Waals surface area contributed by atoms with Crippen LogP contribution in [-0.4, -0.2) is 29.3 Å². The summed E-state index contributed by atoms with van der Waals surface area (Å²) in [5.41, 5.74) is 0.450. The van der Waals surface area contributed by atoms with Crippen molar-refractivity contribution in [1.29, 1.82) is 0 Å². The van der Waals surface area contributed by atoms with Gasteiger partial charge in [-0.3, -0.25) is 4.79 Å². The Kier molecular flexibility index (Phi) is 5.27. The molecule has 0 aliphatic heterocycles. The second-order valence-electron chi connectivity index (χ2n) is 10.9. The van der Waals surface area contributed by atoms with Crippen LogP contribution in [0.5, 0.6) is 0 Å². The molecule has 0 bridgehead atoms. The minimum absolute atomic E-state index is 0.0660. The summed E-state index contributed by atoms with van der Waals surface area (Å²) in [6.45, 7) is 7.53. The molecule has 1 atom stereocenters. The van der Waals surface area contributed by atoms with Crippen LogP contribution in [0.4, 0.5) is 13.2 Å². The molecule has 1 spiro atoms. The van der Waals surface area contributed by atoms with E-state index in [1.54, 1.807) is 0 Å². The second-order valence-corrected chi connectivity index (χ2v) is 10.9. The molecular formula is C25H34F3NO2. The number of rotatable bonds is 4. The number of halogens is 3. The first-order valence-electron chi connectivity index (χ1n) is 11.5. The average Bonchev–Trinajstić information content (AvgIpc) is 3.48. The van der Waals surface area contributed by atoms with Crippen LogP contribution in [-0.2, 0) is 16.6 Å². The predicted octanol–water partition coefficient (Wildman–Crippen LogP) is 5.30. The highest BCUT2D eigenvalue weighted by molar-refractivity contribution is 5.78. The largest absolute Gasteiger partial charge is 0.417 e. The van der Waals surface area contributed by atoms with Crippen LogP contribution in [0, 0.1) is 16.7 Å². The van der Waals surface area contributed by atoms with Gasteiger partial charge in [0.2, 0.25) is 5.91 Å². The number of hydrogen-bond donors (Lipinski definition) is 2. The molecule has 2 N–H and O–H groups in total. The Morgan fingerprint density at radius 1 is 1.10 bits per heavy atom. The van der Waals surface area contributed by atoms with Gasteiger partial charge < -0.3 is 10.4 Å². The molecule has 0 unspecified atom stereocenters. The predicted molar refractivity (Wildman–Crippen MR) is 114 cm³/mol. The number of fused-ring (bicyclic) bond motifs is 1. The average molecular weight is 438 g/mol. The first-order chi connectivity index (χ1) is 14.4. The van der Waals surface area contributed by atoms with E-state index in [1.807, 2.05) is 0 Å². The molecule has 0 aromatic heterocycles. The zero-order valence-corrected chi connectivity index (χ0v) is 18.7. The maximum absolute atomic E-state index is 13.0. The molecule has 1 amide bonds. The maximum atomic E-state index is 13.0. The summed E-state index contributed by atoms with van der Waals surface area (Å²) in [7, 11) is 0. The molecule has 172 valence electrons. The van der Waals surface area contributed by atoms with E-state index in [-0.39, 0.29) is 29.6 Å². The Morgan fingerprint density at radius 2 is 1.71 bits per heavy atom. The number of aliphatic hydroxyl groups is 1. The lowest BCUT2D eigenvalue weighted by Crippen LogP contribution is -2.52. The number of nitrogens with one attached hydrogen (secondary N) is 1. The summed E-state index contributed by atoms with van der Waals surface area (Å²) in [5.74, 6) is -0.646.